The number of nitrogens with two attached hydrogens (primary N) is 1. The highest BCUT2D eigenvalue weighted by Crippen LogP contribution is 2.18. The van der Waals surface area contributed by atoms with Gasteiger partial charge in [0.25, 0.3) is 0 Å². The highest BCUT2D eigenvalue weighted by atomic mass is 15.3. The molecule has 1 heterocycles. The molecule has 3 heteroatoms. The molecule has 54 heavy (non-hydrogen) atoms. The molecule has 306 valence electrons. The fourth-order valence-corrected chi connectivity index (χ4v) is 6.89. The van der Waals surface area contributed by atoms with Gasteiger partial charge in [-0.1, -0.05) is 105 Å². The Morgan fingerprint density at radius 3 is 0.852 bits per heavy atom. The van der Waals surface area contributed by atoms with Crippen molar-refractivity contribution in [3.05, 3.63) is 105 Å². The van der Waals surface area contributed by atoms with Crippen molar-refractivity contribution < 1.29 is 0 Å². The van der Waals surface area contributed by atoms with Gasteiger partial charge in [0, 0.05) is 45.8 Å². The number of nitrogens with zero attached hydrogens (tertiary/aromatic N) is 2. The SMILES string of the molecule is CC(C)=CCC/C(C)=C/CC/C(C)=C/CC/C(C)=C/CC/C(C)=C/CC/C(C)=C/CC/C(C)=C/CC/C(C)=C/CC/C(C)=C/CN1CCN(CCN)CC1. The quantitative estimate of drug-likeness (QED) is 0.0811. The normalized spacial score (nSPS) is 16.8. The monoisotopic (exact) mass is 742 g/mol. The van der Waals surface area contributed by atoms with Gasteiger partial charge in [0.15, 0.2) is 0 Å². The van der Waals surface area contributed by atoms with Gasteiger partial charge in [0.1, 0.15) is 0 Å². The Morgan fingerprint density at radius 2 is 0.593 bits per heavy atom. The lowest BCUT2D eigenvalue weighted by molar-refractivity contribution is 0.145. The summed E-state index contributed by atoms with van der Waals surface area (Å²) >= 11 is 0. The summed E-state index contributed by atoms with van der Waals surface area (Å²) in [4.78, 5) is 5.05. The standard InChI is InChI=1S/C51H87N3/c1-43(2)19-11-20-44(3)21-12-22-45(4)23-13-24-46(5)25-14-26-47(6)27-15-28-48(7)29-16-30-49(8)31-17-32-50(9)33-18-34-51(10)35-37-53-39-41-54(38-36-52)42-40-53/h19,21,23,25,27,29,31,33,35H,11-18,20,22,24,26,28,30,32,34,36-42,52H2,1-10H3/b44-21+,45-23+,46-25+,47-27+,48-29+,49-31+,50-33+,51-35+. The van der Waals surface area contributed by atoms with E-state index in [1.165, 1.54) is 121 Å². The molecule has 2 N–H and O–H groups in total. The smallest absolute Gasteiger partial charge is 0.0166 e. The molecule has 0 saturated carbocycles. The van der Waals surface area contributed by atoms with Crippen molar-refractivity contribution in [2.45, 2.75) is 172 Å². The van der Waals surface area contributed by atoms with Gasteiger partial charge in [-0.3, -0.25) is 9.80 Å². The summed E-state index contributed by atoms with van der Waals surface area (Å²) in [6, 6.07) is 0. The maximum absolute atomic E-state index is 5.71. The van der Waals surface area contributed by atoms with Crippen molar-refractivity contribution in [3.63, 3.8) is 0 Å². The van der Waals surface area contributed by atoms with E-state index in [0.717, 1.165) is 77.9 Å². The van der Waals surface area contributed by atoms with Gasteiger partial charge in [-0.25, -0.2) is 0 Å². The number of rotatable bonds is 28. The van der Waals surface area contributed by atoms with E-state index >= 15 is 0 Å². The fourth-order valence-electron chi connectivity index (χ4n) is 6.89. The van der Waals surface area contributed by atoms with Crippen molar-refractivity contribution in [2.24, 2.45) is 5.73 Å². The molecule has 1 aliphatic heterocycles. The maximum Gasteiger partial charge on any atom is 0.0166 e. The van der Waals surface area contributed by atoms with E-state index in [2.05, 4.69) is 134 Å². The summed E-state index contributed by atoms with van der Waals surface area (Å²) in [5.74, 6) is 0. The second kappa shape index (κ2) is 31.7. The minimum absolute atomic E-state index is 0.771. The summed E-state index contributed by atoms with van der Waals surface area (Å²) in [7, 11) is 0. The molecule has 3 nitrogen and oxygen atoms in total. The van der Waals surface area contributed by atoms with Crippen molar-refractivity contribution in [1.82, 2.24) is 9.80 Å². The van der Waals surface area contributed by atoms with E-state index < -0.39 is 0 Å². The Kier molecular flexibility index (Phi) is 29.1. The van der Waals surface area contributed by atoms with Gasteiger partial charge in [0.05, 0.1) is 0 Å². The van der Waals surface area contributed by atoms with Crippen LogP contribution in [-0.2, 0) is 0 Å². The molecule has 1 aliphatic rings. The Labute approximate surface area is 337 Å². The number of piperazine rings is 1. The molecule has 0 unspecified atom stereocenters. The largest absolute Gasteiger partial charge is 0.329 e. The second-order valence-electron chi connectivity index (χ2n) is 16.9. The zero-order valence-electron chi connectivity index (χ0n) is 37.4. The van der Waals surface area contributed by atoms with E-state index in [9.17, 15) is 0 Å². The maximum atomic E-state index is 5.71. The third-order valence-electron chi connectivity index (χ3n) is 10.9. The molecular formula is C51H87N3. The molecule has 0 aromatic rings. The molecule has 0 atom stereocenters. The summed E-state index contributed by atoms with van der Waals surface area (Å²) in [5.41, 5.74) is 19.4. The fraction of sp³-hybridized carbons (Fsp3) is 0.647. The molecule has 0 aromatic carbocycles. The van der Waals surface area contributed by atoms with Gasteiger partial charge in [-0.2, -0.15) is 0 Å². The van der Waals surface area contributed by atoms with E-state index in [1.807, 2.05) is 0 Å². The average Bonchev–Trinajstić information content (AvgIpc) is 3.11. The van der Waals surface area contributed by atoms with Crippen LogP contribution >= 0.6 is 0 Å². The first kappa shape index (κ1) is 49.6. The van der Waals surface area contributed by atoms with Crippen molar-refractivity contribution in [1.29, 1.82) is 0 Å². The van der Waals surface area contributed by atoms with Crippen molar-refractivity contribution in [3.8, 4) is 0 Å². The zero-order chi connectivity index (χ0) is 40.0. The highest BCUT2D eigenvalue weighted by Gasteiger charge is 2.14. The summed E-state index contributed by atoms with van der Waals surface area (Å²) in [6.07, 6.45) is 40.8. The van der Waals surface area contributed by atoms with E-state index in [0.29, 0.717) is 0 Å². The van der Waals surface area contributed by atoms with Crippen LogP contribution in [-0.4, -0.2) is 55.6 Å². The molecule has 0 radical (unpaired) electrons. The van der Waals surface area contributed by atoms with Crippen LogP contribution in [0.5, 0.6) is 0 Å². The van der Waals surface area contributed by atoms with Crippen LogP contribution in [0.3, 0.4) is 0 Å². The first-order valence-electron chi connectivity index (χ1n) is 21.9. The van der Waals surface area contributed by atoms with E-state index in [4.69, 9.17) is 5.73 Å². The molecule has 1 rings (SSSR count). The van der Waals surface area contributed by atoms with Crippen LogP contribution in [0.2, 0.25) is 0 Å². The molecular weight excluding hydrogens is 655 g/mol. The van der Waals surface area contributed by atoms with Crippen LogP contribution in [0.4, 0.5) is 0 Å². The third kappa shape index (κ3) is 28.9. The topological polar surface area (TPSA) is 32.5 Å². The molecule has 0 spiro atoms. The third-order valence-corrected chi connectivity index (χ3v) is 10.9. The minimum atomic E-state index is 0.771. The van der Waals surface area contributed by atoms with Crippen LogP contribution in [0.15, 0.2) is 105 Å². The molecule has 1 fully saturated rings. The lowest BCUT2D eigenvalue weighted by Gasteiger charge is -2.33. The lowest BCUT2D eigenvalue weighted by atomic mass is 10.0. The van der Waals surface area contributed by atoms with Crippen LogP contribution < -0.4 is 5.73 Å². The van der Waals surface area contributed by atoms with Gasteiger partial charge in [-0.05, 0) is 172 Å². The summed E-state index contributed by atoms with van der Waals surface area (Å²) < 4.78 is 0. The number of allylic oxidation sites excluding steroid dienone is 17. The molecule has 0 aliphatic carbocycles. The predicted octanol–water partition coefficient (Wildman–Crippen LogP) is 14.3. The first-order valence-corrected chi connectivity index (χ1v) is 21.9. The Hall–Kier alpha value is -2.46. The van der Waals surface area contributed by atoms with E-state index in [-0.39, 0.29) is 0 Å². The van der Waals surface area contributed by atoms with Crippen LogP contribution in [0, 0.1) is 0 Å². The molecule has 0 bridgehead atoms. The lowest BCUT2D eigenvalue weighted by Crippen LogP contribution is -2.47. The van der Waals surface area contributed by atoms with Crippen molar-refractivity contribution >= 4 is 0 Å². The Morgan fingerprint density at radius 1 is 0.352 bits per heavy atom. The van der Waals surface area contributed by atoms with Gasteiger partial charge in [0.2, 0.25) is 0 Å². The van der Waals surface area contributed by atoms with Gasteiger partial charge < -0.3 is 5.73 Å². The minimum Gasteiger partial charge on any atom is -0.329 e. The Balaban J connectivity index is 2.20. The van der Waals surface area contributed by atoms with Gasteiger partial charge >= 0.3 is 0 Å². The second-order valence-corrected chi connectivity index (χ2v) is 16.9. The van der Waals surface area contributed by atoms with Gasteiger partial charge in [-0.15, -0.1) is 0 Å². The van der Waals surface area contributed by atoms with E-state index in [1.54, 1.807) is 0 Å². The average molecular weight is 742 g/mol. The van der Waals surface area contributed by atoms with Crippen LogP contribution in [0.25, 0.3) is 0 Å². The van der Waals surface area contributed by atoms with Crippen molar-refractivity contribution in [2.75, 3.05) is 45.8 Å². The predicted molar refractivity (Wildman–Crippen MR) is 245 cm³/mol. The zero-order valence-corrected chi connectivity index (χ0v) is 37.4. The summed E-state index contributed by atoms with van der Waals surface area (Å²) in [5, 5.41) is 0. The van der Waals surface area contributed by atoms with Crippen LogP contribution in [0.1, 0.15) is 172 Å². The first-order chi connectivity index (χ1) is 25.9. The molecule has 0 aromatic heterocycles. The number of hydrogen-bond acceptors (Lipinski definition) is 3. The Bertz CT molecular complexity index is 1300. The highest BCUT2D eigenvalue weighted by molar-refractivity contribution is 5.11. The molecule has 0 amide bonds. The summed E-state index contributed by atoms with van der Waals surface area (Å²) in [6.45, 7) is 30.3. The molecule has 1 saturated heterocycles. The number of hydrogen-bond donors (Lipinski definition) is 1.